The van der Waals surface area contributed by atoms with E-state index in [1.165, 1.54) is 22.7 Å². The van der Waals surface area contributed by atoms with Crippen LogP contribution in [0.3, 0.4) is 0 Å². The van der Waals surface area contributed by atoms with Gasteiger partial charge in [0.1, 0.15) is 12.2 Å². The van der Waals surface area contributed by atoms with Gasteiger partial charge in [0.2, 0.25) is 5.91 Å². The number of fused-ring (bicyclic) bond motifs is 1. The Hall–Kier alpha value is -4.53. The maximum absolute atomic E-state index is 13.0. The standard InChI is InChI=1S/C28H27N5O4/c1-31(18-26(36)37)25(35)17-20-11-5-6-12-22(20)33-24(34)15-14-21(29-33)27-23-13-7-8-16-32(23)30-28(27)19-9-3-2-4-10-19/h2-4,7-10,13-16H,5-6,11-12,17-18H2,1H3,(H,36,37). The van der Waals surface area contributed by atoms with Gasteiger partial charge >= 0.3 is 5.97 Å². The smallest absolute Gasteiger partial charge is 0.323 e. The third-order valence-corrected chi connectivity index (χ3v) is 6.61. The topological polar surface area (TPSA) is 110 Å². The van der Waals surface area contributed by atoms with Crippen LogP contribution in [0.2, 0.25) is 0 Å². The highest BCUT2D eigenvalue weighted by molar-refractivity contribution is 5.90. The highest BCUT2D eigenvalue weighted by Gasteiger charge is 2.23. The Kier molecular flexibility index (Phi) is 6.68. The first-order chi connectivity index (χ1) is 17.9. The average Bonchev–Trinajstić information content (AvgIpc) is 3.29. The summed E-state index contributed by atoms with van der Waals surface area (Å²) >= 11 is 0. The summed E-state index contributed by atoms with van der Waals surface area (Å²) in [5, 5.41) is 18.6. The Morgan fingerprint density at radius 2 is 1.73 bits per heavy atom. The number of hydrogen-bond acceptors (Lipinski definition) is 5. The van der Waals surface area contributed by atoms with Crippen molar-refractivity contribution in [2.45, 2.75) is 32.1 Å². The molecule has 0 unspecified atom stereocenters. The average molecular weight is 498 g/mol. The van der Waals surface area contributed by atoms with Crippen LogP contribution in [-0.2, 0) is 9.59 Å². The van der Waals surface area contributed by atoms with E-state index >= 15 is 0 Å². The summed E-state index contributed by atoms with van der Waals surface area (Å²) in [5.74, 6) is -1.36. The highest BCUT2D eigenvalue weighted by Crippen LogP contribution is 2.35. The maximum Gasteiger partial charge on any atom is 0.323 e. The van der Waals surface area contributed by atoms with Gasteiger partial charge in [-0.2, -0.15) is 10.2 Å². The van der Waals surface area contributed by atoms with Crippen LogP contribution in [0.15, 0.2) is 77.2 Å². The molecule has 1 aliphatic rings. The summed E-state index contributed by atoms with van der Waals surface area (Å²) in [5.41, 5.74) is 5.24. The van der Waals surface area contributed by atoms with Crippen molar-refractivity contribution in [1.82, 2.24) is 24.3 Å². The minimum absolute atomic E-state index is 0.0590. The molecule has 188 valence electrons. The summed E-state index contributed by atoms with van der Waals surface area (Å²) in [6.07, 6.45) is 4.98. The summed E-state index contributed by atoms with van der Waals surface area (Å²) in [6.45, 7) is -0.369. The summed E-state index contributed by atoms with van der Waals surface area (Å²) in [7, 11) is 1.47. The van der Waals surface area contributed by atoms with Crippen LogP contribution < -0.4 is 5.56 Å². The molecular formula is C28H27N5O4. The first-order valence-electron chi connectivity index (χ1n) is 12.2. The first kappa shape index (κ1) is 24.2. The van der Waals surface area contributed by atoms with Crippen LogP contribution in [0.1, 0.15) is 32.1 Å². The van der Waals surface area contributed by atoms with E-state index in [4.69, 9.17) is 15.3 Å². The van der Waals surface area contributed by atoms with Gasteiger partial charge in [-0.25, -0.2) is 9.20 Å². The van der Waals surface area contributed by atoms with E-state index < -0.39 is 5.97 Å². The molecule has 9 heteroatoms. The molecule has 0 aliphatic heterocycles. The van der Waals surface area contributed by atoms with Crippen molar-refractivity contribution in [3.05, 3.63) is 82.8 Å². The molecule has 1 N–H and O–H groups in total. The van der Waals surface area contributed by atoms with E-state index in [9.17, 15) is 14.4 Å². The zero-order valence-corrected chi connectivity index (χ0v) is 20.5. The number of carboxylic acids is 1. The first-order valence-corrected chi connectivity index (χ1v) is 12.2. The van der Waals surface area contributed by atoms with Crippen LogP contribution in [0.25, 0.3) is 33.7 Å². The third-order valence-electron chi connectivity index (χ3n) is 6.61. The maximum atomic E-state index is 13.0. The number of benzene rings is 1. The number of carbonyl (C=O) groups is 2. The van der Waals surface area contributed by atoms with Crippen LogP contribution in [0.5, 0.6) is 0 Å². The number of nitrogens with zero attached hydrogens (tertiary/aromatic N) is 5. The zero-order valence-electron chi connectivity index (χ0n) is 20.5. The molecule has 1 amide bonds. The SMILES string of the molecule is CN(CC(=O)O)C(=O)CC1=C(n2nc(-c3c(-c4ccccc4)nn4ccccc34)ccc2=O)CCCC1. The molecule has 37 heavy (non-hydrogen) atoms. The molecule has 0 fully saturated rings. The summed E-state index contributed by atoms with van der Waals surface area (Å²) in [6, 6.07) is 18.9. The molecule has 4 aromatic rings. The molecule has 0 bridgehead atoms. The molecule has 3 heterocycles. The van der Waals surface area contributed by atoms with E-state index in [1.54, 1.807) is 10.6 Å². The van der Waals surface area contributed by atoms with Gasteiger partial charge in [0.15, 0.2) is 0 Å². The molecule has 0 saturated heterocycles. The Morgan fingerprint density at radius 3 is 2.51 bits per heavy atom. The fourth-order valence-electron chi connectivity index (χ4n) is 4.79. The monoisotopic (exact) mass is 497 g/mol. The van der Waals surface area contributed by atoms with Crippen molar-refractivity contribution < 1.29 is 14.7 Å². The Balaban J connectivity index is 1.62. The fraction of sp³-hybridized carbons (Fsp3) is 0.250. The highest BCUT2D eigenvalue weighted by atomic mass is 16.4. The fourth-order valence-corrected chi connectivity index (χ4v) is 4.79. The lowest BCUT2D eigenvalue weighted by Crippen LogP contribution is -2.32. The van der Waals surface area contributed by atoms with Gasteiger partial charge in [0.05, 0.1) is 16.8 Å². The number of carboxylic acid groups (broad SMARTS) is 1. The van der Waals surface area contributed by atoms with E-state index in [0.717, 1.165) is 40.8 Å². The molecule has 0 spiro atoms. The normalized spacial score (nSPS) is 13.6. The molecule has 3 aromatic heterocycles. The molecule has 1 aromatic carbocycles. The molecule has 5 rings (SSSR count). The molecule has 0 radical (unpaired) electrons. The number of carbonyl (C=O) groups excluding carboxylic acids is 1. The summed E-state index contributed by atoms with van der Waals surface area (Å²) < 4.78 is 3.21. The van der Waals surface area contributed by atoms with Crippen LogP contribution in [-0.4, -0.2) is 54.9 Å². The van der Waals surface area contributed by atoms with Crippen LogP contribution in [0.4, 0.5) is 0 Å². The number of likely N-dealkylation sites (N-methyl/N-ethyl adjacent to an activating group) is 1. The largest absolute Gasteiger partial charge is 0.480 e. The lowest BCUT2D eigenvalue weighted by molar-refractivity contribution is -0.143. The van der Waals surface area contributed by atoms with Gasteiger partial charge in [-0.15, -0.1) is 0 Å². The van der Waals surface area contributed by atoms with Crippen molar-refractivity contribution in [2.24, 2.45) is 0 Å². The van der Waals surface area contributed by atoms with Crippen LogP contribution in [0, 0.1) is 0 Å². The Bertz CT molecular complexity index is 1570. The predicted molar refractivity (Wildman–Crippen MR) is 140 cm³/mol. The molecule has 0 saturated carbocycles. The van der Waals surface area contributed by atoms with Crippen molar-refractivity contribution in [2.75, 3.05) is 13.6 Å². The third kappa shape index (κ3) is 4.93. The second kappa shape index (κ2) is 10.2. The second-order valence-corrected chi connectivity index (χ2v) is 9.17. The number of hydrogen-bond donors (Lipinski definition) is 1. The molecule has 1 aliphatic carbocycles. The Morgan fingerprint density at radius 1 is 0.973 bits per heavy atom. The number of allylic oxidation sites excluding steroid dienone is 1. The lowest BCUT2D eigenvalue weighted by atomic mass is 9.93. The number of amides is 1. The second-order valence-electron chi connectivity index (χ2n) is 9.17. The number of aromatic nitrogens is 4. The summed E-state index contributed by atoms with van der Waals surface area (Å²) in [4.78, 5) is 38.0. The van der Waals surface area contributed by atoms with Gasteiger partial charge in [-0.3, -0.25) is 14.4 Å². The van der Waals surface area contributed by atoms with Gasteiger partial charge in [-0.05, 0) is 49.5 Å². The minimum Gasteiger partial charge on any atom is -0.480 e. The van der Waals surface area contributed by atoms with Gasteiger partial charge in [0.25, 0.3) is 5.56 Å². The quantitative estimate of drug-likeness (QED) is 0.414. The van der Waals surface area contributed by atoms with Crippen molar-refractivity contribution >= 4 is 23.1 Å². The van der Waals surface area contributed by atoms with E-state index in [1.807, 2.05) is 54.7 Å². The van der Waals surface area contributed by atoms with Gasteiger partial charge < -0.3 is 10.0 Å². The van der Waals surface area contributed by atoms with E-state index in [-0.39, 0.29) is 24.4 Å². The lowest BCUT2D eigenvalue weighted by Gasteiger charge is -2.23. The molecular weight excluding hydrogens is 470 g/mol. The minimum atomic E-state index is -1.07. The molecule has 9 nitrogen and oxygen atoms in total. The Labute approximate surface area is 213 Å². The van der Waals surface area contributed by atoms with Crippen molar-refractivity contribution in [3.8, 4) is 22.5 Å². The van der Waals surface area contributed by atoms with Gasteiger partial charge in [0, 0.05) is 37.0 Å². The number of aliphatic carboxylic acids is 1. The predicted octanol–water partition coefficient (Wildman–Crippen LogP) is 3.94. The molecule has 0 atom stereocenters. The van der Waals surface area contributed by atoms with Crippen molar-refractivity contribution in [3.63, 3.8) is 0 Å². The number of rotatable bonds is 7. The van der Waals surface area contributed by atoms with Crippen molar-refractivity contribution in [1.29, 1.82) is 0 Å². The van der Waals surface area contributed by atoms with Gasteiger partial charge in [-0.1, -0.05) is 36.4 Å². The number of pyridine rings is 1. The van der Waals surface area contributed by atoms with Crippen LogP contribution >= 0.6 is 0 Å². The van der Waals surface area contributed by atoms with E-state index in [0.29, 0.717) is 24.2 Å². The van der Waals surface area contributed by atoms with E-state index in [2.05, 4.69) is 0 Å². The zero-order chi connectivity index (χ0) is 25.9.